The van der Waals surface area contributed by atoms with Crippen molar-refractivity contribution in [1.29, 1.82) is 0 Å². The molecular formula is C20H28N6O4S2. The third-order valence-corrected chi connectivity index (χ3v) is 8.32. The summed E-state index contributed by atoms with van der Waals surface area (Å²) in [5.41, 5.74) is 0.460. The van der Waals surface area contributed by atoms with E-state index in [2.05, 4.69) is 20.4 Å². The van der Waals surface area contributed by atoms with E-state index in [1.165, 1.54) is 22.1 Å². The smallest absolute Gasteiger partial charge is 0.243 e. The zero-order valence-corrected chi connectivity index (χ0v) is 19.7. The molecule has 3 heterocycles. The number of carbonyl (C=O) groups is 1. The molecule has 2 aliphatic heterocycles. The summed E-state index contributed by atoms with van der Waals surface area (Å²) in [4.78, 5) is 14.9. The van der Waals surface area contributed by atoms with E-state index in [0.29, 0.717) is 43.7 Å². The van der Waals surface area contributed by atoms with Gasteiger partial charge in [0.1, 0.15) is 0 Å². The topological polar surface area (TPSA) is 110 Å². The minimum Gasteiger partial charge on any atom is -0.378 e. The van der Waals surface area contributed by atoms with Gasteiger partial charge in [-0.3, -0.25) is 9.36 Å². The van der Waals surface area contributed by atoms with Crippen molar-refractivity contribution in [2.24, 2.45) is 0 Å². The minimum absolute atomic E-state index is 0.143. The minimum atomic E-state index is -3.53. The number of rotatable bonds is 8. The Hall–Kier alpha value is -2.15. The fourth-order valence-electron chi connectivity index (χ4n) is 3.80. The molecule has 0 unspecified atom stereocenters. The Morgan fingerprint density at radius 3 is 2.62 bits per heavy atom. The van der Waals surface area contributed by atoms with Gasteiger partial charge < -0.3 is 15.0 Å². The van der Waals surface area contributed by atoms with E-state index in [-0.39, 0.29) is 16.6 Å². The van der Waals surface area contributed by atoms with Crippen molar-refractivity contribution in [3.63, 3.8) is 0 Å². The van der Waals surface area contributed by atoms with E-state index in [9.17, 15) is 13.2 Å². The molecule has 4 rings (SSSR count). The van der Waals surface area contributed by atoms with Crippen LogP contribution in [0.15, 0.2) is 34.3 Å². The highest BCUT2D eigenvalue weighted by molar-refractivity contribution is 7.99. The number of sulfonamides is 1. The van der Waals surface area contributed by atoms with Crippen LogP contribution in [-0.4, -0.2) is 78.5 Å². The number of nitrogens with one attached hydrogen (secondary N) is 1. The molecule has 174 valence electrons. The number of morpholine rings is 1. The standard InChI is InChI=1S/C20H28N6O4S2/c1-2-26-19(24-10-12-30-13-11-24)22-23-20(26)31-15-18(27)21-16-6-5-7-17(14-16)32(28,29)25-8-3-4-9-25/h5-7,14H,2-4,8-13,15H2,1H3,(H,21,27). The lowest BCUT2D eigenvalue weighted by Crippen LogP contribution is -2.38. The molecule has 2 aliphatic rings. The van der Waals surface area contributed by atoms with Gasteiger partial charge in [0.05, 0.1) is 23.9 Å². The monoisotopic (exact) mass is 480 g/mol. The summed E-state index contributed by atoms with van der Waals surface area (Å²) in [7, 11) is -3.53. The molecule has 32 heavy (non-hydrogen) atoms. The van der Waals surface area contributed by atoms with Gasteiger partial charge >= 0.3 is 0 Å². The van der Waals surface area contributed by atoms with Crippen LogP contribution in [0, 0.1) is 0 Å². The van der Waals surface area contributed by atoms with Gasteiger partial charge in [-0.2, -0.15) is 4.31 Å². The van der Waals surface area contributed by atoms with Crippen molar-refractivity contribution >= 4 is 39.3 Å². The van der Waals surface area contributed by atoms with Crippen LogP contribution in [0.1, 0.15) is 19.8 Å². The maximum Gasteiger partial charge on any atom is 0.243 e. The summed E-state index contributed by atoms with van der Waals surface area (Å²) in [6, 6.07) is 6.42. The SMILES string of the molecule is CCn1c(SCC(=O)Nc2cccc(S(=O)(=O)N3CCCC3)c2)nnc1N1CCOCC1. The summed E-state index contributed by atoms with van der Waals surface area (Å²) >= 11 is 1.31. The first-order valence-corrected chi connectivity index (χ1v) is 13.2. The zero-order valence-electron chi connectivity index (χ0n) is 18.1. The summed E-state index contributed by atoms with van der Waals surface area (Å²) in [6.45, 7) is 6.64. The van der Waals surface area contributed by atoms with Gasteiger partial charge in [0.2, 0.25) is 21.9 Å². The Kier molecular flexibility index (Phi) is 7.33. The van der Waals surface area contributed by atoms with Crippen LogP contribution in [0.25, 0.3) is 0 Å². The second-order valence-corrected chi connectivity index (χ2v) is 10.5. The van der Waals surface area contributed by atoms with Crippen LogP contribution in [0.5, 0.6) is 0 Å². The molecule has 0 bridgehead atoms. The van der Waals surface area contributed by atoms with E-state index in [1.807, 2.05) is 11.5 Å². The normalized spacial score (nSPS) is 17.6. The van der Waals surface area contributed by atoms with Crippen molar-refractivity contribution in [3.8, 4) is 0 Å². The lowest BCUT2D eigenvalue weighted by atomic mass is 10.3. The maximum atomic E-state index is 12.8. The van der Waals surface area contributed by atoms with E-state index in [1.54, 1.807) is 18.2 Å². The largest absolute Gasteiger partial charge is 0.378 e. The molecule has 0 atom stereocenters. The van der Waals surface area contributed by atoms with Crippen molar-refractivity contribution in [2.45, 2.75) is 36.4 Å². The molecule has 1 N–H and O–H groups in total. The first kappa shape index (κ1) is 23.0. The van der Waals surface area contributed by atoms with Gasteiger partial charge in [0, 0.05) is 38.4 Å². The molecule has 12 heteroatoms. The Labute approximate surface area is 192 Å². The fourth-order valence-corrected chi connectivity index (χ4v) is 6.16. The number of carbonyl (C=O) groups excluding carboxylic acids is 1. The molecular weight excluding hydrogens is 452 g/mol. The molecule has 10 nitrogen and oxygen atoms in total. The molecule has 0 spiro atoms. The molecule has 0 aliphatic carbocycles. The summed E-state index contributed by atoms with van der Waals surface area (Å²) in [5, 5.41) is 12.0. The van der Waals surface area contributed by atoms with E-state index in [0.717, 1.165) is 31.9 Å². The van der Waals surface area contributed by atoms with Gasteiger partial charge in [-0.05, 0) is 38.0 Å². The molecule has 2 saturated heterocycles. The summed E-state index contributed by atoms with van der Waals surface area (Å²) in [5.74, 6) is 0.701. The molecule has 1 aromatic carbocycles. The average Bonchev–Trinajstić information content (AvgIpc) is 3.49. The summed E-state index contributed by atoms with van der Waals surface area (Å²) in [6.07, 6.45) is 1.75. The van der Waals surface area contributed by atoms with Crippen molar-refractivity contribution in [2.75, 3.05) is 55.4 Å². The predicted octanol–water partition coefficient (Wildman–Crippen LogP) is 1.65. The number of aromatic nitrogens is 3. The van der Waals surface area contributed by atoms with Crippen molar-refractivity contribution in [3.05, 3.63) is 24.3 Å². The van der Waals surface area contributed by atoms with Crippen LogP contribution in [0.3, 0.4) is 0 Å². The number of anilines is 2. The molecule has 1 aromatic heterocycles. The van der Waals surface area contributed by atoms with E-state index in [4.69, 9.17) is 4.74 Å². The Bertz CT molecular complexity index is 1050. The van der Waals surface area contributed by atoms with Crippen LogP contribution in [-0.2, 0) is 26.1 Å². The molecule has 2 aromatic rings. The number of thioether (sulfide) groups is 1. The number of ether oxygens (including phenoxy) is 1. The number of amides is 1. The second-order valence-electron chi connectivity index (χ2n) is 7.60. The predicted molar refractivity (Wildman–Crippen MR) is 123 cm³/mol. The van der Waals surface area contributed by atoms with Gasteiger partial charge in [-0.25, -0.2) is 8.42 Å². The third kappa shape index (κ3) is 5.08. The lowest BCUT2D eigenvalue weighted by Gasteiger charge is -2.27. The van der Waals surface area contributed by atoms with Crippen molar-refractivity contribution < 1.29 is 17.9 Å². The number of hydrogen-bond acceptors (Lipinski definition) is 8. The summed E-state index contributed by atoms with van der Waals surface area (Å²) < 4.78 is 34.4. The zero-order chi connectivity index (χ0) is 22.6. The van der Waals surface area contributed by atoms with E-state index >= 15 is 0 Å². The molecule has 2 fully saturated rings. The highest BCUT2D eigenvalue weighted by Crippen LogP contribution is 2.25. The molecule has 0 radical (unpaired) electrons. The Balaban J connectivity index is 1.38. The Morgan fingerprint density at radius 2 is 1.91 bits per heavy atom. The second kappa shape index (κ2) is 10.2. The van der Waals surface area contributed by atoms with Crippen molar-refractivity contribution in [1.82, 2.24) is 19.1 Å². The Morgan fingerprint density at radius 1 is 1.16 bits per heavy atom. The van der Waals surface area contributed by atoms with Gasteiger partial charge in [0.15, 0.2) is 5.16 Å². The number of nitrogens with zero attached hydrogens (tertiary/aromatic N) is 5. The first-order chi connectivity index (χ1) is 15.5. The number of hydrogen-bond donors (Lipinski definition) is 1. The maximum absolute atomic E-state index is 12.8. The third-order valence-electron chi connectivity index (χ3n) is 5.46. The molecule has 0 saturated carbocycles. The average molecular weight is 481 g/mol. The van der Waals surface area contributed by atoms with E-state index < -0.39 is 10.0 Å². The van der Waals surface area contributed by atoms with Gasteiger partial charge in [-0.15, -0.1) is 10.2 Å². The first-order valence-electron chi connectivity index (χ1n) is 10.8. The van der Waals surface area contributed by atoms with Crippen LogP contribution >= 0.6 is 11.8 Å². The van der Waals surface area contributed by atoms with Crippen LogP contribution in [0.2, 0.25) is 0 Å². The van der Waals surface area contributed by atoms with Crippen LogP contribution in [0.4, 0.5) is 11.6 Å². The lowest BCUT2D eigenvalue weighted by molar-refractivity contribution is -0.113. The molecule has 1 amide bonds. The highest BCUT2D eigenvalue weighted by atomic mass is 32.2. The highest BCUT2D eigenvalue weighted by Gasteiger charge is 2.27. The fraction of sp³-hybridized carbons (Fsp3) is 0.550. The number of benzene rings is 1. The van der Waals surface area contributed by atoms with Gasteiger partial charge in [0.25, 0.3) is 0 Å². The van der Waals surface area contributed by atoms with Gasteiger partial charge in [-0.1, -0.05) is 17.8 Å². The van der Waals surface area contributed by atoms with Crippen LogP contribution < -0.4 is 10.2 Å². The quantitative estimate of drug-likeness (QED) is 0.568.